The number of nitrogens with one attached hydrogen (secondary N) is 1. The Morgan fingerprint density at radius 1 is 1.33 bits per heavy atom. The van der Waals surface area contributed by atoms with Crippen molar-refractivity contribution in [2.24, 2.45) is 0 Å². The van der Waals surface area contributed by atoms with E-state index in [1.807, 2.05) is 19.9 Å². The highest BCUT2D eigenvalue weighted by atomic mass is 16.5. The highest BCUT2D eigenvalue weighted by molar-refractivity contribution is 5.85. The minimum atomic E-state index is -0.326. The first-order chi connectivity index (χ1) is 7.11. The second kappa shape index (κ2) is 3.38. The lowest BCUT2D eigenvalue weighted by molar-refractivity contribution is 0.415. The van der Waals surface area contributed by atoms with Crippen LogP contribution in [0.3, 0.4) is 0 Å². The molecule has 0 aliphatic carbocycles. The third kappa shape index (κ3) is 1.58. The average molecular weight is 204 g/mol. The second-order valence-electron chi connectivity index (χ2n) is 3.51. The SMILES string of the molecule is COc1cc(C)c2c(C)[nH]c(=O)nc2c1. The first kappa shape index (κ1) is 9.71. The lowest BCUT2D eigenvalue weighted by Crippen LogP contribution is -2.12. The van der Waals surface area contributed by atoms with E-state index in [9.17, 15) is 4.79 Å². The van der Waals surface area contributed by atoms with Gasteiger partial charge in [-0.15, -0.1) is 0 Å². The normalized spacial score (nSPS) is 10.6. The van der Waals surface area contributed by atoms with E-state index in [-0.39, 0.29) is 5.69 Å². The van der Waals surface area contributed by atoms with Gasteiger partial charge in [0.1, 0.15) is 5.75 Å². The molecule has 0 saturated carbocycles. The van der Waals surface area contributed by atoms with Crippen LogP contribution in [0.4, 0.5) is 0 Å². The van der Waals surface area contributed by atoms with Crippen molar-refractivity contribution in [1.29, 1.82) is 0 Å². The molecule has 15 heavy (non-hydrogen) atoms. The lowest BCUT2D eigenvalue weighted by Gasteiger charge is -2.07. The maximum absolute atomic E-state index is 11.2. The minimum Gasteiger partial charge on any atom is -0.497 e. The van der Waals surface area contributed by atoms with Crippen LogP contribution in [0.2, 0.25) is 0 Å². The van der Waals surface area contributed by atoms with Gasteiger partial charge in [0.15, 0.2) is 0 Å². The molecule has 78 valence electrons. The third-order valence-electron chi connectivity index (χ3n) is 2.42. The van der Waals surface area contributed by atoms with Gasteiger partial charge in [0.25, 0.3) is 0 Å². The minimum absolute atomic E-state index is 0.326. The number of aromatic amines is 1. The van der Waals surface area contributed by atoms with E-state index in [0.29, 0.717) is 5.52 Å². The molecule has 0 bridgehead atoms. The van der Waals surface area contributed by atoms with Crippen molar-refractivity contribution in [3.8, 4) is 5.75 Å². The molecule has 0 spiro atoms. The van der Waals surface area contributed by atoms with Crippen LogP contribution in [0, 0.1) is 13.8 Å². The van der Waals surface area contributed by atoms with Crippen LogP contribution in [-0.4, -0.2) is 17.1 Å². The van der Waals surface area contributed by atoms with E-state index in [1.165, 1.54) is 0 Å². The highest BCUT2D eigenvalue weighted by Crippen LogP contribution is 2.23. The Bertz CT molecular complexity index is 573. The molecule has 4 nitrogen and oxygen atoms in total. The molecule has 1 aromatic carbocycles. The fourth-order valence-corrected chi connectivity index (χ4v) is 1.79. The van der Waals surface area contributed by atoms with E-state index in [0.717, 1.165) is 22.4 Å². The Balaban J connectivity index is 2.91. The van der Waals surface area contributed by atoms with Crippen molar-refractivity contribution in [3.05, 3.63) is 33.9 Å². The fraction of sp³-hybridized carbons (Fsp3) is 0.273. The van der Waals surface area contributed by atoms with Gasteiger partial charge in [0.2, 0.25) is 0 Å². The Kier molecular flexibility index (Phi) is 2.19. The predicted molar refractivity (Wildman–Crippen MR) is 58.4 cm³/mol. The summed E-state index contributed by atoms with van der Waals surface area (Å²) < 4.78 is 5.13. The van der Waals surface area contributed by atoms with Gasteiger partial charge in [-0.3, -0.25) is 0 Å². The van der Waals surface area contributed by atoms with Gasteiger partial charge in [0, 0.05) is 17.1 Å². The summed E-state index contributed by atoms with van der Waals surface area (Å²) in [5.41, 5.74) is 2.23. The zero-order valence-corrected chi connectivity index (χ0v) is 8.92. The van der Waals surface area contributed by atoms with Crippen LogP contribution in [-0.2, 0) is 0 Å². The summed E-state index contributed by atoms with van der Waals surface area (Å²) in [6.07, 6.45) is 0. The number of hydrogen-bond acceptors (Lipinski definition) is 3. The summed E-state index contributed by atoms with van der Waals surface area (Å²) in [6.45, 7) is 3.84. The molecule has 0 unspecified atom stereocenters. The van der Waals surface area contributed by atoms with E-state index in [1.54, 1.807) is 13.2 Å². The maximum Gasteiger partial charge on any atom is 0.345 e. The molecule has 4 heteroatoms. The number of fused-ring (bicyclic) bond motifs is 1. The Morgan fingerprint density at radius 2 is 2.07 bits per heavy atom. The Labute approximate surface area is 86.9 Å². The maximum atomic E-state index is 11.2. The summed E-state index contributed by atoms with van der Waals surface area (Å²) in [6, 6.07) is 3.69. The fourth-order valence-electron chi connectivity index (χ4n) is 1.79. The summed E-state index contributed by atoms with van der Waals surface area (Å²) in [4.78, 5) is 17.8. The molecule has 1 aromatic heterocycles. The van der Waals surface area contributed by atoms with Gasteiger partial charge in [-0.05, 0) is 25.5 Å². The molecule has 0 radical (unpaired) electrons. The van der Waals surface area contributed by atoms with Crippen LogP contribution in [0.5, 0.6) is 5.75 Å². The zero-order chi connectivity index (χ0) is 11.0. The number of H-pyrrole nitrogens is 1. The smallest absolute Gasteiger partial charge is 0.345 e. The predicted octanol–water partition coefficient (Wildman–Crippen LogP) is 1.55. The second-order valence-corrected chi connectivity index (χ2v) is 3.51. The standard InChI is InChI=1S/C11H12N2O2/c1-6-4-8(15-3)5-9-10(6)7(2)12-11(14)13-9/h4-5H,1-3H3,(H,12,13,14). The lowest BCUT2D eigenvalue weighted by atomic mass is 10.1. The molecule has 0 saturated heterocycles. The van der Waals surface area contributed by atoms with Crippen molar-refractivity contribution < 1.29 is 4.74 Å². The first-order valence-electron chi connectivity index (χ1n) is 4.67. The number of nitrogens with zero attached hydrogens (tertiary/aromatic N) is 1. The Morgan fingerprint density at radius 3 is 2.73 bits per heavy atom. The molecule has 0 aliphatic rings. The van der Waals surface area contributed by atoms with E-state index in [2.05, 4.69) is 9.97 Å². The zero-order valence-electron chi connectivity index (χ0n) is 8.92. The van der Waals surface area contributed by atoms with Crippen molar-refractivity contribution in [3.63, 3.8) is 0 Å². The number of hydrogen-bond donors (Lipinski definition) is 1. The van der Waals surface area contributed by atoms with Gasteiger partial charge in [-0.2, -0.15) is 4.98 Å². The summed E-state index contributed by atoms with van der Waals surface area (Å²) >= 11 is 0. The molecule has 2 rings (SSSR count). The first-order valence-corrected chi connectivity index (χ1v) is 4.67. The number of aryl methyl sites for hydroxylation is 2. The van der Waals surface area contributed by atoms with Gasteiger partial charge < -0.3 is 9.72 Å². The van der Waals surface area contributed by atoms with Crippen molar-refractivity contribution in [2.45, 2.75) is 13.8 Å². The number of aromatic nitrogens is 2. The quantitative estimate of drug-likeness (QED) is 0.766. The van der Waals surface area contributed by atoms with E-state index < -0.39 is 0 Å². The van der Waals surface area contributed by atoms with Crippen LogP contribution in [0.1, 0.15) is 11.3 Å². The summed E-state index contributed by atoms with van der Waals surface area (Å²) in [7, 11) is 1.60. The van der Waals surface area contributed by atoms with Gasteiger partial charge in [-0.25, -0.2) is 4.79 Å². The summed E-state index contributed by atoms with van der Waals surface area (Å²) in [5, 5.41) is 0.982. The number of rotatable bonds is 1. The van der Waals surface area contributed by atoms with Gasteiger partial charge in [-0.1, -0.05) is 0 Å². The van der Waals surface area contributed by atoms with Crippen molar-refractivity contribution in [2.75, 3.05) is 7.11 Å². The van der Waals surface area contributed by atoms with Crippen molar-refractivity contribution in [1.82, 2.24) is 9.97 Å². The van der Waals surface area contributed by atoms with Crippen LogP contribution >= 0.6 is 0 Å². The van der Waals surface area contributed by atoms with Gasteiger partial charge >= 0.3 is 5.69 Å². The molecule has 2 aromatic rings. The van der Waals surface area contributed by atoms with Gasteiger partial charge in [0.05, 0.1) is 12.6 Å². The average Bonchev–Trinajstić information content (AvgIpc) is 2.15. The largest absolute Gasteiger partial charge is 0.497 e. The molecule has 0 aliphatic heterocycles. The summed E-state index contributed by atoms with van der Waals surface area (Å²) in [5.74, 6) is 0.720. The van der Waals surface area contributed by atoms with Crippen LogP contribution < -0.4 is 10.4 Å². The Hall–Kier alpha value is -1.84. The van der Waals surface area contributed by atoms with Crippen LogP contribution in [0.15, 0.2) is 16.9 Å². The molecular weight excluding hydrogens is 192 g/mol. The molecule has 0 amide bonds. The van der Waals surface area contributed by atoms with E-state index in [4.69, 9.17) is 4.74 Å². The number of benzene rings is 1. The number of ether oxygens (including phenoxy) is 1. The molecule has 1 N–H and O–H groups in total. The topological polar surface area (TPSA) is 55.0 Å². The third-order valence-corrected chi connectivity index (χ3v) is 2.42. The number of methoxy groups -OCH3 is 1. The molecule has 0 fully saturated rings. The van der Waals surface area contributed by atoms with Crippen LogP contribution in [0.25, 0.3) is 10.9 Å². The molecule has 1 heterocycles. The monoisotopic (exact) mass is 204 g/mol. The highest BCUT2D eigenvalue weighted by Gasteiger charge is 2.06. The molecular formula is C11H12N2O2. The molecule has 0 atom stereocenters. The van der Waals surface area contributed by atoms with E-state index >= 15 is 0 Å². The van der Waals surface area contributed by atoms with Crippen molar-refractivity contribution >= 4 is 10.9 Å².